The number of rotatable bonds is 8. The van der Waals surface area contributed by atoms with Crippen molar-refractivity contribution in [1.29, 1.82) is 0 Å². The van der Waals surface area contributed by atoms with Crippen molar-refractivity contribution in [2.24, 2.45) is 0 Å². The molecule has 9 nitrogen and oxygen atoms in total. The second kappa shape index (κ2) is 9.40. The van der Waals surface area contributed by atoms with Crippen molar-refractivity contribution in [2.75, 3.05) is 14.2 Å². The van der Waals surface area contributed by atoms with Gasteiger partial charge in [-0.1, -0.05) is 11.6 Å². The fourth-order valence-electron chi connectivity index (χ4n) is 3.05. The summed E-state index contributed by atoms with van der Waals surface area (Å²) in [6.45, 7) is 0. The summed E-state index contributed by atoms with van der Waals surface area (Å²) < 4.78 is 11.7. The molecule has 162 valence electrons. The molecule has 0 aliphatic heterocycles. The molecule has 0 saturated heterocycles. The summed E-state index contributed by atoms with van der Waals surface area (Å²) in [6, 6.07) is 11.5. The number of carbonyl (C=O) groups is 2. The van der Waals surface area contributed by atoms with Crippen LogP contribution in [0.3, 0.4) is 0 Å². The first-order valence-electron chi connectivity index (χ1n) is 9.15. The van der Waals surface area contributed by atoms with Crippen molar-refractivity contribution in [3.05, 3.63) is 75.2 Å². The summed E-state index contributed by atoms with van der Waals surface area (Å²) in [7, 11) is 2.92. The van der Waals surface area contributed by atoms with Gasteiger partial charge in [0.05, 0.1) is 32.4 Å². The predicted octanol–water partition coefficient (Wildman–Crippen LogP) is 2.78. The van der Waals surface area contributed by atoms with Crippen molar-refractivity contribution >= 4 is 23.5 Å². The van der Waals surface area contributed by atoms with Crippen molar-refractivity contribution in [1.82, 2.24) is 15.1 Å². The van der Waals surface area contributed by atoms with Crippen LogP contribution >= 0.6 is 11.6 Å². The minimum atomic E-state index is -1.12. The number of hydrogen-bond acceptors (Lipinski definition) is 5. The van der Waals surface area contributed by atoms with Gasteiger partial charge in [-0.05, 0) is 36.4 Å². The van der Waals surface area contributed by atoms with Crippen LogP contribution < -0.4 is 20.3 Å². The molecule has 3 N–H and O–H groups in total. The minimum absolute atomic E-state index is 0.0252. The first kappa shape index (κ1) is 22.0. The molecule has 0 aliphatic carbocycles. The lowest BCUT2D eigenvalue weighted by Crippen LogP contribution is -2.31. The van der Waals surface area contributed by atoms with Gasteiger partial charge in [0.1, 0.15) is 17.2 Å². The molecule has 1 unspecified atom stereocenters. The number of nitrogens with zero attached hydrogens (tertiary/aromatic N) is 1. The Morgan fingerprint density at radius 1 is 1.13 bits per heavy atom. The lowest BCUT2D eigenvalue weighted by atomic mass is 10.0. The standard InChI is InChI=1S/C21H20ClN3O6/c1-30-14-7-8-15(18(9-14)31-2)16(11-20(27)28)23-21(29)17-10-19(26)25(24-17)13-5-3-12(22)4-6-13/h3-10,16,24H,11H2,1-2H3,(H,23,29)(H,27,28). The van der Waals surface area contributed by atoms with Crippen molar-refractivity contribution in [2.45, 2.75) is 12.5 Å². The van der Waals surface area contributed by atoms with Gasteiger partial charge in [0.2, 0.25) is 0 Å². The molecule has 0 fully saturated rings. The predicted molar refractivity (Wildman–Crippen MR) is 113 cm³/mol. The van der Waals surface area contributed by atoms with Crippen molar-refractivity contribution in [3.63, 3.8) is 0 Å². The molecule has 10 heteroatoms. The maximum atomic E-state index is 12.8. The maximum Gasteiger partial charge on any atom is 0.305 e. The van der Waals surface area contributed by atoms with Gasteiger partial charge in [-0.3, -0.25) is 19.5 Å². The summed E-state index contributed by atoms with van der Waals surface area (Å²) >= 11 is 5.87. The quantitative estimate of drug-likeness (QED) is 0.490. The molecule has 0 aliphatic rings. The molecule has 1 aromatic heterocycles. The number of nitrogens with one attached hydrogen (secondary N) is 2. The maximum absolute atomic E-state index is 12.8. The number of aromatic amines is 1. The second-order valence-electron chi connectivity index (χ2n) is 6.55. The van der Waals surface area contributed by atoms with Crippen molar-refractivity contribution in [3.8, 4) is 17.2 Å². The topological polar surface area (TPSA) is 123 Å². The first-order chi connectivity index (χ1) is 14.8. The molecule has 0 radical (unpaired) electrons. The van der Waals surface area contributed by atoms with E-state index >= 15 is 0 Å². The van der Waals surface area contributed by atoms with Crippen molar-refractivity contribution < 1.29 is 24.2 Å². The summed E-state index contributed by atoms with van der Waals surface area (Å²) in [5, 5.41) is 15.2. The van der Waals surface area contributed by atoms with Gasteiger partial charge in [-0.2, -0.15) is 0 Å². The van der Waals surface area contributed by atoms with Crippen LogP contribution in [-0.4, -0.2) is 41.0 Å². The zero-order valence-corrected chi connectivity index (χ0v) is 17.5. The van der Waals surface area contributed by atoms with Crippen LogP contribution in [0.2, 0.25) is 5.02 Å². The van der Waals surface area contributed by atoms with Gasteiger partial charge in [0.15, 0.2) is 0 Å². The Bertz CT molecular complexity index is 1150. The Kier molecular flexibility index (Phi) is 6.66. The van der Waals surface area contributed by atoms with Crippen LogP contribution in [0.5, 0.6) is 11.5 Å². The number of aromatic nitrogens is 2. The highest BCUT2D eigenvalue weighted by Gasteiger charge is 2.24. The van der Waals surface area contributed by atoms with E-state index in [2.05, 4.69) is 10.4 Å². The number of amides is 1. The average Bonchev–Trinajstić information content (AvgIpc) is 3.14. The number of halogens is 1. The zero-order valence-electron chi connectivity index (χ0n) is 16.7. The molecule has 0 saturated carbocycles. The van der Waals surface area contributed by atoms with Gasteiger partial charge < -0.3 is 19.9 Å². The van der Waals surface area contributed by atoms with Gasteiger partial charge >= 0.3 is 5.97 Å². The highest BCUT2D eigenvalue weighted by molar-refractivity contribution is 6.30. The third kappa shape index (κ3) is 5.07. The summed E-state index contributed by atoms with van der Waals surface area (Å²) in [6.07, 6.45) is -0.392. The average molecular weight is 446 g/mol. The summed E-state index contributed by atoms with van der Waals surface area (Å²) in [5.41, 5.74) is 0.470. The molecule has 1 amide bonds. The number of hydrogen-bond donors (Lipinski definition) is 3. The molecular weight excluding hydrogens is 426 g/mol. The lowest BCUT2D eigenvalue weighted by molar-refractivity contribution is -0.137. The van der Waals surface area contributed by atoms with Crippen LogP contribution in [0, 0.1) is 0 Å². The summed E-state index contributed by atoms with van der Waals surface area (Å²) in [5.74, 6) is -0.882. The van der Waals surface area contributed by atoms with E-state index in [1.54, 1.807) is 42.5 Å². The SMILES string of the molecule is COc1ccc(C(CC(=O)O)NC(=O)c2cc(=O)n(-c3ccc(Cl)cc3)[nH]2)c(OC)c1. The third-order valence-corrected chi connectivity index (χ3v) is 4.80. The minimum Gasteiger partial charge on any atom is -0.497 e. The van der Waals surface area contributed by atoms with E-state index in [9.17, 15) is 19.5 Å². The fourth-order valence-corrected chi connectivity index (χ4v) is 3.18. The first-order valence-corrected chi connectivity index (χ1v) is 9.52. The number of benzene rings is 2. The number of aliphatic carboxylic acids is 1. The Morgan fingerprint density at radius 2 is 1.84 bits per heavy atom. The number of ether oxygens (including phenoxy) is 2. The molecule has 2 aromatic carbocycles. The van der Waals surface area contributed by atoms with Crippen LogP contribution in [0.15, 0.2) is 53.3 Å². The second-order valence-corrected chi connectivity index (χ2v) is 6.99. The molecule has 0 spiro atoms. The van der Waals surface area contributed by atoms with Gasteiger partial charge in [-0.15, -0.1) is 0 Å². The van der Waals surface area contributed by atoms with Crippen LogP contribution in [0.4, 0.5) is 0 Å². The number of methoxy groups -OCH3 is 2. The molecule has 1 heterocycles. The molecule has 0 bridgehead atoms. The van der Waals surface area contributed by atoms with E-state index in [4.69, 9.17) is 21.1 Å². The number of carboxylic acid groups (broad SMARTS) is 1. The smallest absolute Gasteiger partial charge is 0.305 e. The van der Waals surface area contributed by atoms with Gasteiger partial charge in [0.25, 0.3) is 11.5 Å². The van der Waals surface area contributed by atoms with E-state index in [-0.39, 0.29) is 5.69 Å². The molecule has 31 heavy (non-hydrogen) atoms. The molecular formula is C21H20ClN3O6. The third-order valence-electron chi connectivity index (χ3n) is 4.55. The lowest BCUT2D eigenvalue weighted by Gasteiger charge is -2.20. The van der Waals surface area contributed by atoms with E-state index in [1.807, 2.05) is 0 Å². The molecule has 3 rings (SSSR count). The normalized spacial score (nSPS) is 11.6. The molecule has 3 aromatic rings. The molecule has 1 atom stereocenters. The Labute approximate surface area is 182 Å². The van der Waals surface area contributed by atoms with E-state index in [1.165, 1.54) is 18.9 Å². The monoisotopic (exact) mass is 445 g/mol. The number of carboxylic acids is 1. The largest absolute Gasteiger partial charge is 0.497 e. The zero-order chi connectivity index (χ0) is 22.5. The summed E-state index contributed by atoms with van der Waals surface area (Å²) in [4.78, 5) is 36.5. The Hall–Kier alpha value is -3.72. The highest BCUT2D eigenvalue weighted by Crippen LogP contribution is 2.31. The number of H-pyrrole nitrogens is 1. The number of carbonyl (C=O) groups excluding carboxylic acids is 1. The Morgan fingerprint density at radius 3 is 2.45 bits per heavy atom. The van der Waals surface area contributed by atoms with E-state index in [0.29, 0.717) is 27.8 Å². The van der Waals surface area contributed by atoms with E-state index < -0.39 is 29.9 Å². The van der Waals surface area contributed by atoms with Gasteiger partial charge in [0, 0.05) is 22.7 Å². The fraction of sp³-hybridized carbons (Fsp3) is 0.190. The van der Waals surface area contributed by atoms with Crippen LogP contribution in [0.25, 0.3) is 5.69 Å². The van der Waals surface area contributed by atoms with Crippen LogP contribution in [0.1, 0.15) is 28.5 Å². The van der Waals surface area contributed by atoms with Crippen LogP contribution in [-0.2, 0) is 4.79 Å². The van der Waals surface area contributed by atoms with E-state index in [0.717, 1.165) is 6.07 Å². The Balaban J connectivity index is 1.90. The highest BCUT2D eigenvalue weighted by atomic mass is 35.5. The van der Waals surface area contributed by atoms with Gasteiger partial charge in [-0.25, -0.2) is 4.68 Å².